The maximum absolute atomic E-state index is 12.2. The second-order valence-corrected chi connectivity index (χ2v) is 4.12. The number of rotatable bonds is 4. The molecule has 1 aromatic rings. The predicted molar refractivity (Wildman–Crippen MR) is 63.0 cm³/mol. The first-order valence-electron chi connectivity index (χ1n) is 5.48. The molecule has 1 unspecified atom stereocenters. The number of carbonyl (C=O) groups excluding carboxylic acids is 1. The number of hydrogen-bond acceptors (Lipinski definition) is 2. The van der Waals surface area contributed by atoms with Gasteiger partial charge in [0.2, 0.25) is 5.91 Å². The summed E-state index contributed by atoms with van der Waals surface area (Å²) in [7, 11) is 0. The number of benzene rings is 1. The lowest BCUT2D eigenvalue weighted by Crippen LogP contribution is -2.26. The zero-order valence-corrected chi connectivity index (χ0v) is 9.92. The van der Waals surface area contributed by atoms with Crippen LogP contribution in [0.3, 0.4) is 0 Å². The molecule has 0 aliphatic heterocycles. The van der Waals surface area contributed by atoms with Crippen molar-refractivity contribution in [2.75, 3.05) is 11.9 Å². The Morgan fingerprint density at radius 2 is 2.11 bits per heavy atom. The van der Waals surface area contributed by atoms with Crippen molar-refractivity contribution in [2.45, 2.75) is 19.5 Å². The maximum atomic E-state index is 12.2. The molecule has 0 aromatic heterocycles. The molecule has 100 valence electrons. The molecule has 0 spiro atoms. The Balaban J connectivity index is 2.74. The summed E-state index contributed by atoms with van der Waals surface area (Å²) < 4.78 is 36.6. The highest BCUT2D eigenvalue weighted by atomic mass is 19.4. The molecule has 6 heteroatoms. The summed E-state index contributed by atoms with van der Waals surface area (Å²) in [5, 5.41) is 2.53. The van der Waals surface area contributed by atoms with Gasteiger partial charge in [0.25, 0.3) is 0 Å². The summed E-state index contributed by atoms with van der Waals surface area (Å²) in [4.78, 5) is 11.5. The van der Waals surface area contributed by atoms with Gasteiger partial charge in [-0.25, -0.2) is 0 Å². The van der Waals surface area contributed by atoms with E-state index in [1.807, 2.05) is 0 Å². The van der Waals surface area contributed by atoms with Crippen molar-refractivity contribution >= 4 is 11.6 Å². The third-order valence-electron chi connectivity index (χ3n) is 2.40. The van der Waals surface area contributed by atoms with Crippen LogP contribution in [0.5, 0.6) is 0 Å². The minimum absolute atomic E-state index is 0.112. The lowest BCUT2D eigenvalue weighted by atomic mass is 10.1. The first-order chi connectivity index (χ1) is 8.31. The first-order valence-corrected chi connectivity index (χ1v) is 5.48. The van der Waals surface area contributed by atoms with Crippen LogP contribution in [0.1, 0.15) is 12.5 Å². The van der Waals surface area contributed by atoms with Crippen molar-refractivity contribution in [2.24, 2.45) is 11.7 Å². The molecule has 0 saturated heterocycles. The molecule has 0 saturated carbocycles. The van der Waals surface area contributed by atoms with E-state index < -0.39 is 12.6 Å². The van der Waals surface area contributed by atoms with E-state index in [1.165, 1.54) is 18.2 Å². The normalized spacial score (nSPS) is 13.2. The minimum Gasteiger partial charge on any atom is -0.330 e. The van der Waals surface area contributed by atoms with Gasteiger partial charge in [0.05, 0.1) is 6.42 Å². The number of carbonyl (C=O) groups is 1. The zero-order valence-electron chi connectivity index (χ0n) is 9.92. The van der Waals surface area contributed by atoms with E-state index in [0.717, 1.165) is 0 Å². The molecule has 1 rings (SSSR count). The van der Waals surface area contributed by atoms with Crippen LogP contribution in [0, 0.1) is 5.92 Å². The molecule has 0 radical (unpaired) electrons. The Labute approximate surface area is 103 Å². The van der Waals surface area contributed by atoms with Gasteiger partial charge in [0.1, 0.15) is 0 Å². The molecule has 0 fully saturated rings. The molecule has 0 heterocycles. The third kappa shape index (κ3) is 4.75. The molecule has 3 N–H and O–H groups in total. The third-order valence-corrected chi connectivity index (χ3v) is 2.40. The van der Waals surface area contributed by atoms with Crippen molar-refractivity contribution < 1.29 is 18.0 Å². The summed E-state index contributed by atoms with van der Waals surface area (Å²) in [6, 6.07) is 5.70. The van der Waals surface area contributed by atoms with Gasteiger partial charge in [-0.05, 0) is 17.7 Å². The molecule has 0 aliphatic rings. The summed E-state index contributed by atoms with van der Waals surface area (Å²) in [5.74, 6) is -0.682. The Kier molecular flexibility index (Phi) is 4.72. The average molecular weight is 260 g/mol. The standard InChI is InChI=1S/C12H15F3N2O/c1-8(7-16)11(18)17-10-4-2-3-9(5-10)6-12(13,14)15/h2-5,8H,6-7,16H2,1H3,(H,17,18). The SMILES string of the molecule is CC(CN)C(=O)Nc1cccc(CC(F)(F)F)c1. The van der Waals surface area contributed by atoms with E-state index in [-0.39, 0.29) is 23.9 Å². The first kappa shape index (κ1) is 14.5. The summed E-state index contributed by atoms with van der Waals surface area (Å²) in [6.07, 6.45) is -5.27. The van der Waals surface area contributed by atoms with Gasteiger partial charge in [0, 0.05) is 18.2 Å². The van der Waals surface area contributed by atoms with E-state index in [2.05, 4.69) is 5.32 Å². The topological polar surface area (TPSA) is 55.1 Å². The molecule has 1 amide bonds. The minimum atomic E-state index is -4.26. The summed E-state index contributed by atoms with van der Waals surface area (Å²) in [6.45, 7) is 1.84. The van der Waals surface area contributed by atoms with Crippen LogP contribution in [-0.2, 0) is 11.2 Å². The van der Waals surface area contributed by atoms with Gasteiger partial charge in [0.15, 0.2) is 0 Å². The fourth-order valence-corrected chi connectivity index (χ4v) is 1.36. The van der Waals surface area contributed by atoms with Crippen LogP contribution in [-0.4, -0.2) is 18.6 Å². The Bertz CT molecular complexity index is 418. The maximum Gasteiger partial charge on any atom is 0.393 e. The van der Waals surface area contributed by atoms with Crippen LogP contribution in [0.15, 0.2) is 24.3 Å². The van der Waals surface area contributed by atoms with Crippen LogP contribution in [0.4, 0.5) is 18.9 Å². The number of nitrogens with one attached hydrogen (secondary N) is 1. The van der Waals surface area contributed by atoms with E-state index >= 15 is 0 Å². The summed E-state index contributed by atoms with van der Waals surface area (Å²) in [5.41, 5.74) is 5.79. The highest BCUT2D eigenvalue weighted by Gasteiger charge is 2.27. The van der Waals surface area contributed by atoms with Gasteiger partial charge in [-0.15, -0.1) is 0 Å². The fraction of sp³-hybridized carbons (Fsp3) is 0.417. The smallest absolute Gasteiger partial charge is 0.330 e. The predicted octanol–water partition coefficient (Wildman–Crippen LogP) is 2.32. The number of amides is 1. The van der Waals surface area contributed by atoms with E-state index in [0.29, 0.717) is 5.69 Å². The molecule has 1 atom stereocenters. The number of anilines is 1. The quantitative estimate of drug-likeness (QED) is 0.873. The van der Waals surface area contributed by atoms with Gasteiger partial charge < -0.3 is 11.1 Å². The molecule has 0 bridgehead atoms. The second kappa shape index (κ2) is 5.86. The lowest BCUT2D eigenvalue weighted by Gasteiger charge is -2.11. The molecule has 1 aromatic carbocycles. The molecular formula is C12H15F3N2O. The van der Waals surface area contributed by atoms with Crippen LogP contribution in [0.2, 0.25) is 0 Å². The highest BCUT2D eigenvalue weighted by molar-refractivity contribution is 5.92. The van der Waals surface area contributed by atoms with Crippen molar-refractivity contribution in [3.8, 4) is 0 Å². The monoisotopic (exact) mass is 260 g/mol. The molecule has 3 nitrogen and oxygen atoms in total. The average Bonchev–Trinajstić information content (AvgIpc) is 2.26. The van der Waals surface area contributed by atoms with E-state index in [4.69, 9.17) is 5.73 Å². The summed E-state index contributed by atoms with van der Waals surface area (Å²) >= 11 is 0. The van der Waals surface area contributed by atoms with Crippen LogP contribution >= 0.6 is 0 Å². The lowest BCUT2D eigenvalue weighted by molar-refractivity contribution is -0.127. The van der Waals surface area contributed by atoms with Crippen molar-refractivity contribution in [1.29, 1.82) is 0 Å². The van der Waals surface area contributed by atoms with Gasteiger partial charge in [-0.3, -0.25) is 4.79 Å². The van der Waals surface area contributed by atoms with Gasteiger partial charge in [-0.2, -0.15) is 13.2 Å². The van der Waals surface area contributed by atoms with Crippen molar-refractivity contribution in [3.05, 3.63) is 29.8 Å². The molecular weight excluding hydrogens is 245 g/mol. The second-order valence-electron chi connectivity index (χ2n) is 4.12. The zero-order chi connectivity index (χ0) is 13.8. The molecule has 18 heavy (non-hydrogen) atoms. The Morgan fingerprint density at radius 3 is 2.67 bits per heavy atom. The largest absolute Gasteiger partial charge is 0.393 e. The van der Waals surface area contributed by atoms with Crippen LogP contribution < -0.4 is 11.1 Å². The Morgan fingerprint density at radius 1 is 1.44 bits per heavy atom. The number of nitrogens with two attached hydrogens (primary N) is 1. The van der Waals surface area contributed by atoms with E-state index in [9.17, 15) is 18.0 Å². The van der Waals surface area contributed by atoms with Gasteiger partial charge >= 0.3 is 6.18 Å². The molecule has 0 aliphatic carbocycles. The van der Waals surface area contributed by atoms with Crippen molar-refractivity contribution in [3.63, 3.8) is 0 Å². The van der Waals surface area contributed by atoms with Crippen LogP contribution in [0.25, 0.3) is 0 Å². The number of hydrogen-bond donors (Lipinski definition) is 2. The van der Waals surface area contributed by atoms with Gasteiger partial charge in [-0.1, -0.05) is 19.1 Å². The Hall–Kier alpha value is -1.56. The van der Waals surface area contributed by atoms with Crippen molar-refractivity contribution in [1.82, 2.24) is 0 Å². The fourth-order valence-electron chi connectivity index (χ4n) is 1.36. The number of alkyl halides is 3. The highest BCUT2D eigenvalue weighted by Crippen LogP contribution is 2.23. The number of halogens is 3. The van der Waals surface area contributed by atoms with E-state index in [1.54, 1.807) is 13.0 Å².